The number of rotatable bonds is 38. The Morgan fingerprint density at radius 1 is 0.529 bits per heavy atom. The van der Waals surface area contributed by atoms with Crippen LogP contribution in [0.15, 0.2) is 62.1 Å². The molecule has 0 aromatic carbocycles. The number of nitrogen functional groups attached to an aromatic ring is 4. The first kappa shape index (κ1) is 103. The lowest BCUT2D eigenvalue weighted by atomic mass is 9.94. The second-order valence-corrected chi connectivity index (χ2v) is 47.9. The van der Waals surface area contributed by atoms with E-state index in [-0.39, 0.29) is 160 Å². The molecule has 13 heterocycles. The van der Waals surface area contributed by atoms with Crippen molar-refractivity contribution in [2.24, 2.45) is 11.7 Å². The van der Waals surface area contributed by atoms with E-state index in [1.54, 1.807) is 27.9 Å². The van der Waals surface area contributed by atoms with Crippen molar-refractivity contribution in [2.75, 3.05) is 205 Å². The van der Waals surface area contributed by atoms with Gasteiger partial charge in [-0.05, 0) is 96.3 Å². The van der Waals surface area contributed by atoms with Crippen LogP contribution in [0.2, 0.25) is 0 Å². The molecule has 0 aliphatic carbocycles. The van der Waals surface area contributed by atoms with Gasteiger partial charge >= 0.3 is 36.4 Å². The van der Waals surface area contributed by atoms with E-state index in [0.29, 0.717) is 0 Å². The largest absolute Gasteiger partial charge is 0.383 e. The first-order valence-electron chi connectivity index (χ1n) is 43.0. The van der Waals surface area contributed by atoms with E-state index in [0.717, 1.165) is 4.57 Å². The summed E-state index contributed by atoms with van der Waals surface area (Å²) in [6, 6.07) is 0.274. The molecule has 6 aliphatic rings. The maximum atomic E-state index is 16.7. The molecule has 136 heavy (non-hydrogen) atoms. The number of morpholine rings is 5. The Morgan fingerprint density at radius 3 is 1.31 bits per heavy atom. The molecule has 17 unspecified atom stereocenters. The van der Waals surface area contributed by atoms with Gasteiger partial charge in [0.05, 0.1) is 121 Å². The minimum Gasteiger partial charge on any atom is -0.383 e. The van der Waals surface area contributed by atoms with Crippen molar-refractivity contribution < 1.29 is 93.1 Å². The Morgan fingerprint density at radius 2 is 0.919 bits per heavy atom. The third-order valence-electron chi connectivity index (χ3n) is 23.2. The molecular weight excluding hydrogens is 1890 g/mol. The maximum absolute atomic E-state index is 16.7. The maximum Gasteiger partial charge on any atom is 0.351 e. The average Bonchev–Trinajstić information content (AvgIpc) is 1.37. The molecule has 5 amide bonds. The van der Waals surface area contributed by atoms with Crippen molar-refractivity contribution in [3.8, 4) is 0 Å². The number of imide groups is 1. The number of amides is 5. The van der Waals surface area contributed by atoms with Crippen molar-refractivity contribution in [1.29, 1.82) is 5.41 Å². The molecule has 13 rings (SSSR count). The number of ether oxygens (including phenoxy) is 5. The predicted octanol–water partition coefficient (Wildman–Crippen LogP) is -2.61. The number of nitrogens with one attached hydrogen (secondary N) is 8. The zero-order valence-electron chi connectivity index (χ0n) is 77.2. The third kappa shape index (κ3) is 22.6. The summed E-state index contributed by atoms with van der Waals surface area (Å²) >= 11 is 0. The highest BCUT2D eigenvalue weighted by Crippen LogP contribution is 2.61. The lowest BCUT2D eigenvalue weighted by Crippen LogP contribution is -2.55. The number of hydrogen-bond acceptors (Lipinski definition) is 36. The lowest BCUT2D eigenvalue weighted by molar-refractivity contribution is -0.158. The number of hydrogen-bond donors (Lipinski definition) is 13. The summed E-state index contributed by atoms with van der Waals surface area (Å²) in [7, 11) is -6.50. The highest BCUT2D eigenvalue weighted by Gasteiger charge is 2.52. The van der Waals surface area contributed by atoms with Gasteiger partial charge in [0.2, 0.25) is 41.5 Å². The van der Waals surface area contributed by atoms with Gasteiger partial charge < -0.3 is 95.8 Å². The molecule has 7 aromatic rings. The Hall–Kier alpha value is -9.92. The second kappa shape index (κ2) is 42.4. The summed E-state index contributed by atoms with van der Waals surface area (Å²) in [5.41, 5.74) is 25.7. The standard InChI is InChI=1S/C73H117N34O24P5/c1-40(2)132(117,94(5)6)122-32-45-24-101(29-54(129-45)104-19-17-51(74)86-73(104)116)134(119,96(9)10)124-34-44-23-100(27-50(127-44)48-20-41(3)63(110)90-64(48)111)133(118,95(7)8)125-35-46-25-103(31-56(130-46)107-39-84-59-62(107)89-72(79)93-68(59)115)136(121,98(13)14)126-36-47-26-102(30-55(131-47)106-38-83-58-61(106)88-71(78)92-67(58)114)135(120,97(11)12)123-33-43-22-99(28-53(128-43)105-37-82-57-60(105)87-70(77)91-66(57)113)52(109)21-81-65(112)49(85-42(4)108)16-15-18-80-69(75)76/h17,19-20,37-40,43-50,53-56H,15-16,18,21-36H2,1-14H3,(H,81,112)(H,85,108)(H2,74,86,116)(H4,75,76,80)(H,90,110,111)(H3,77,87,91,113)(H3,78,88,92,114)(H3,79,89,93,115). The van der Waals surface area contributed by atoms with Gasteiger partial charge in [-0.15, -0.1) is 0 Å². The summed E-state index contributed by atoms with van der Waals surface area (Å²) in [5.74, 6) is -5.83. The van der Waals surface area contributed by atoms with Crippen LogP contribution in [0.1, 0.15) is 65.4 Å². The quantitative estimate of drug-likeness (QED) is 0.00620. The van der Waals surface area contributed by atoms with Crippen LogP contribution in [0.4, 0.5) is 23.7 Å². The van der Waals surface area contributed by atoms with E-state index in [1.807, 2.05) is 0 Å². The SMILES string of the molecule is CC(=O)NC(CCCNC(=N)N)C(=O)NCC(=O)N1CC(COP(=O)(N(C)C)N2CC(COP(=O)(N(C)C)N3CC(COP(=O)(N(C)C)N4CC(COP(=O)(N(C)C)N5CC(COP(=O)(C(C)C)N(C)C)OC(n6ccc(N)nc6=O)C5)OC(C5C=C(C)C(=O)NC5=O)C4)OC(n4cnc5c(=O)[nH]c(N)nc54)C3)OC(n3cnc4c(=O)[nH]c(N)nc43)C2)OC(n2cnc3c(=O)[nH]c(N)nc32)C1. The van der Waals surface area contributed by atoms with E-state index in [2.05, 4.69) is 71.1 Å². The van der Waals surface area contributed by atoms with Gasteiger partial charge in [0.15, 0.2) is 51.9 Å². The van der Waals surface area contributed by atoms with Crippen molar-refractivity contribution >= 4 is 131 Å². The number of nitrogens with zero attached hydrogens (tertiary/aromatic N) is 21. The van der Waals surface area contributed by atoms with Crippen LogP contribution in [-0.4, -0.2) is 381 Å². The molecule has 63 heteroatoms. The number of nitrogens with two attached hydrogens (primary N) is 5. The number of carbonyl (C=O) groups is 5. The Kier molecular flexibility index (Phi) is 32.3. The molecule has 17 atom stereocenters. The van der Waals surface area contributed by atoms with Gasteiger partial charge in [-0.1, -0.05) is 19.9 Å². The van der Waals surface area contributed by atoms with Crippen LogP contribution in [0, 0.1) is 11.3 Å². The first-order valence-corrected chi connectivity index (χ1v) is 50.7. The predicted molar refractivity (Wildman–Crippen MR) is 489 cm³/mol. The molecule has 5 saturated heterocycles. The Bertz CT molecular complexity index is 6150. The van der Waals surface area contributed by atoms with E-state index in [4.69, 9.17) is 80.4 Å². The summed E-state index contributed by atoms with van der Waals surface area (Å²) in [6.45, 7) is 0.0315. The summed E-state index contributed by atoms with van der Waals surface area (Å²) in [6.07, 6.45) is -5.48. The summed E-state index contributed by atoms with van der Waals surface area (Å²) < 4.78 is 164. The van der Waals surface area contributed by atoms with Gasteiger partial charge in [-0.3, -0.25) is 105 Å². The van der Waals surface area contributed by atoms with Crippen LogP contribution in [0.5, 0.6) is 0 Å². The fraction of sp³-hybridized carbons (Fsp3) is 0.630. The molecule has 748 valence electrons. The highest BCUT2D eigenvalue weighted by atomic mass is 31.2. The monoisotopic (exact) mass is 2010 g/mol. The van der Waals surface area contributed by atoms with Gasteiger partial charge in [0.1, 0.15) is 30.4 Å². The van der Waals surface area contributed by atoms with Gasteiger partial charge in [0.25, 0.3) is 30.1 Å². The molecular formula is C73H117N34O24P5. The molecule has 0 spiro atoms. The fourth-order valence-electron chi connectivity index (χ4n) is 16.3. The van der Waals surface area contributed by atoms with Crippen molar-refractivity contribution in [2.45, 2.75) is 114 Å². The van der Waals surface area contributed by atoms with Gasteiger partial charge in [-0.25, -0.2) is 61.8 Å². The minimum absolute atomic E-state index is 0.0413. The second-order valence-electron chi connectivity index (χ2n) is 34.3. The summed E-state index contributed by atoms with van der Waals surface area (Å²) in [4.78, 5) is 160. The van der Waals surface area contributed by atoms with Crippen LogP contribution >= 0.6 is 38.2 Å². The zero-order valence-corrected chi connectivity index (χ0v) is 81.7. The molecule has 5 fully saturated rings. The van der Waals surface area contributed by atoms with Crippen LogP contribution in [-0.2, 0) is 93.1 Å². The molecule has 0 bridgehead atoms. The number of fused-ring (bicyclic) bond motifs is 3. The number of H-pyrrole nitrogens is 3. The molecule has 18 N–H and O–H groups in total. The van der Waals surface area contributed by atoms with Crippen LogP contribution < -0.4 is 72.3 Å². The topological polar surface area (TPSA) is 723 Å². The number of aromatic amines is 3. The number of guanidine groups is 1. The fourth-order valence-corrected chi connectivity index (χ4v) is 26.2. The zero-order chi connectivity index (χ0) is 98.9. The van der Waals surface area contributed by atoms with Crippen molar-refractivity contribution in [3.63, 3.8) is 0 Å². The average molecular weight is 2010 g/mol. The number of imidazole rings is 3. The lowest BCUT2D eigenvalue weighted by Gasteiger charge is -2.46. The molecule has 7 aromatic heterocycles. The Labute approximate surface area is 777 Å². The number of aromatic nitrogens is 14. The number of anilines is 4. The summed E-state index contributed by atoms with van der Waals surface area (Å²) in [5, 5.41) is 17.7. The number of carbonyl (C=O) groups excluding carboxylic acids is 5. The molecule has 58 nitrogen and oxygen atoms in total. The van der Waals surface area contributed by atoms with Crippen LogP contribution in [0.3, 0.4) is 0 Å². The van der Waals surface area contributed by atoms with Gasteiger partial charge in [-0.2, -0.15) is 19.9 Å². The third-order valence-corrected chi connectivity index (χ3v) is 36.2. The molecule has 0 radical (unpaired) electrons. The first-order chi connectivity index (χ1) is 64.1. The van der Waals surface area contributed by atoms with E-state index < -0.39 is 202 Å². The highest BCUT2D eigenvalue weighted by molar-refractivity contribution is 7.57. The van der Waals surface area contributed by atoms with Crippen molar-refractivity contribution in [3.05, 3.63) is 84.4 Å². The van der Waals surface area contributed by atoms with E-state index in [1.165, 1.54) is 168 Å². The smallest absolute Gasteiger partial charge is 0.351 e. The van der Waals surface area contributed by atoms with Crippen LogP contribution in [0.25, 0.3) is 33.5 Å². The molecule has 0 saturated carbocycles. The van der Waals surface area contributed by atoms with Crippen molar-refractivity contribution in [1.82, 2.24) is 136 Å². The molecule has 6 aliphatic heterocycles. The normalized spacial score (nSPS) is 25.2. The Balaban J connectivity index is 0.786. The van der Waals surface area contributed by atoms with E-state index >= 15 is 18.3 Å². The van der Waals surface area contributed by atoms with E-state index in [9.17, 15) is 47.7 Å². The van der Waals surface area contributed by atoms with Gasteiger partial charge in [0, 0.05) is 70.2 Å². The minimum atomic E-state index is -4.59.